The minimum Gasteiger partial charge on any atom is -0.467 e. The summed E-state index contributed by atoms with van der Waals surface area (Å²) in [7, 11) is 1.31. The maximum atomic E-state index is 12.2. The van der Waals surface area contributed by atoms with Crippen molar-refractivity contribution in [1.82, 2.24) is 5.32 Å². The van der Waals surface area contributed by atoms with E-state index in [0.29, 0.717) is 0 Å². The third kappa shape index (κ3) is 3.40. The predicted octanol–water partition coefficient (Wildman–Crippen LogP) is 2.45. The Morgan fingerprint density at radius 2 is 1.76 bits per heavy atom. The third-order valence-electron chi connectivity index (χ3n) is 3.38. The van der Waals surface area contributed by atoms with E-state index in [0.717, 1.165) is 16.3 Å². The molecule has 2 aromatic rings. The van der Waals surface area contributed by atoms with E-state index < -0.39 is 11.5 Å². The molecule has 0 aliphatic heterocycles. The Bertz CT molecular complexity index is 671. The third-order valence-corrected chi connectivity index (χ3v) is 3.38. The van der Waals surface area contributed by atoms with Gasteiger partial charge < -0.3 is 10.1 Å². The van der Waals surface area contributed by atoms with Gasteiger partial charge in [-0.1, -0.05) is 42.5 Å². The maximum Gasteiger partial charge on any atom is 0.330 e. The predicted molar refractivity (Wildman–Crippen MR) is 81.9 cm³/mol. The van der Waals surface area contributed by atoms with Crippen LogP contribution in [-0.4, -0.2) is 24.5 Å². The maximum absolute atomic E-state index is 12.2. The van der Waals surface area contributed by atoms with Gasteiger partial charge in [0.05, 0.1) is 13.5 Å². The molecule has 0 aliphatic rings. The zero-order chi connectivity index (χ0) is 15.5. The van der Waals surface area contributed by atoms with Crippen LogP contribution in [0.1, 0.15) is 19.4 Å². The molecule has 0 radical (unpaired) electrons. The number of hydrogen-bond acceptors (Lipinski definition) is 3. The summed E-state index contributed by atoms with van der Waals surface area (Å²) < 4.78 is 4.68. The molecule has 0 fully saturated rings. The molecule has 0 saturated heterocycles. The van der Waals surface area contributed by atoms with Crippen LogP contribution in [0.15, 0.2) is 42.5 Å². The average Bonchev–Trinajstić information content (AvgIpc) is 2.46. The fourth-order valence-corrected chi connectivity index (χ4v) is 2.32. The Kier molecular flexibility index (Phi) is 4.26. The van der Waals surface area contributed by atoms with Crippen LogP contribution >= 0.6 is 0 Å². The van der Waals surface area contributed by atoms with Crippen LogP contribution < -0.4 is 5.32 Å². The number of carbonyl (C=O) groups is 2. The van der Waals surface area contributed by atoms with Crippen LogP contribution in [0.25, 0.3) is 10.8 Å². The smallest absolute Gasteiger partial charge is 0.330 e. The first-order chi connectivity index (χ1) is 9.94. The molecule has 4 heteroatoms. The fraction of sp³-hybridized carbons (Fsp3) is 0.294. The highest BCUT2D eigenvalue weighted by molar-refractivity contribution is 5.92. The Hall–Kier alpha value is -2.36. The molecule has 1 N–H and O–H groups in total. The molecule has 0 heterocycles. The number of ether oxygens (including phenoxy) is 1. The molecule has 1 amide bonds. The van der Waals surface area contributed by atoms with Gasteiger partial charge in [0, 0.05) is 0 Å². The molecule has 110 valence electrons. The molecule has 0 aliphatic carbocycles. The second-order valence-electron chi connectivity index (χ2n) is 5.48. The highest BCUT2D eigenvalue weighted by atomic mass is 16.5. The van der Waals surface area contributed by atoms with Gasteiger partial charge in [0.15, 0.2) is 0 Å². The molecule has 0 bridgehead atoms. The van der Waals surface area contributed by atoms with E-state index in [2.05, 4.69) is 10.1 Å². The van der Waals surface area contributed by atoms with Crippen molar-refractivity contribution >= 4 is 22.6 Å². The van der Waals surface area contributed by atoms with E-state index >= 15 is 0 Å². The number of methoxy groups -OCH3 is 1. The summed E-state index contributed by atoms with van der Waals surface area (Å²) in [6.45, 7) is 3.25. The normalized spacial score (nSPS) is 11.2. The number of esters is 1. The average molecular weight is 285 g/mol. The van der Waals surface area contributed by atoms with Gasteiger partial charge >= 0.3 is 5.97 Å². The molecule has 4 nitrogen and oxygen atoms in total. The largest absolute Gasteiger partial charge is 0.467 e. The van der Waals surface area contributed by atoms with Crippen molar-refractivity contribution in [2.24, 2.45) is 0 Å². The first kappa shape index (κ1) is 15.0. The van der Waals surface area contributed by atoms with Crippen molar-refractivity contribution in [2.75, 3.05) is 7.11 Å². The van der Waals surface area contributed by atoms with Gasteiger partial charge in [-0.3, -0.25) is 4.79 Å². The first-order valence-corrected chi connectivity index (χ1v) is 6.80. The van der Waals surface area contributed by atoms with Crippen molar-refractivity contribution in [2.45, 2.75) is 25.8 Å². The lowest BCUT2D eigenvalue weighted by Crippen LogP contribution is -2.50. The van der Waals surface area contributed by atoms with Crippen LogP contribution in [0.4, 0.5) is 0 Å². The quantitative estimate of drug-likeness (QED) is 0.878. The van der Waals surface area contributed by atoms with Crippen LogP contribution in [0, 0.1) is 0 Å². The molecule has 2 aromatic carbocycles. The highest BCUT2D eigenvalue weighted by Gasteiger charge is 2.30. The molecule has 0 atom stereocenters. The van der Waals surface area contributed by atoms with Gasteiger partial charge in [-0.25, -0.2) is 4.79 Å². The van der Waals surface area contributed by atoms with Gasteiger partial charge in [-0.15, -0.1) is 0 Å². The van der Waals surface area contributed by atoms with Gasteiger partial charge in [0.25, 0.3) is 0 Å². The van der Waals surface area contributed by atoms with Crippen LogP contribution in [0.5, 0.6) is 0 Å². The summed E-state index contributed by atoms with van der Waals surface area (Å²) in [6, 6.07) is 13.8. The second-order valence-corrected chi connectivity index (χ2v) is 5.48. The first-order valence-electron chi connectivity index (χ1n) is 6.80. The van der Waals surface area contributed by atoms with Gasteiger partial charge in [-0.05, 0) is 30.2 Å². The highest BCUT2D eigenvalue weighted by Crippen LogP contribution is 2.19. The van der Waals surface area contributed by atoms with E-state index in [1.807, 2.05) is 42.5 Å². The SMILES string of the molecule is COC(=O)C(C)(C)NC(=O)Cc1cccc2ccccc12. The molecule has 21 heavy (non-hydrogen) atoms. The van der Waals surface area contributed by atoms with Crippen molar-refractivity contribution in [3.8, 4) is 0 Å². The van der Waals surface area contributed by atoms with Gasteiger partial charge in [0.1, 0.15) is 5.54 Å². The number of hydrogen-bond donors (Lipinski definition) is 1. The minimum absolute atomic E-state index is 0.207. The van der Waals surface area contributed by atoms with E-state index in [9.17, 15) is 9.59 Å². The Labute approximate surface area is 124 Å². The minimum atomic E-state index is -1.03. The topological polar surface area (TPSA) is 55.4 Å². The number of nitrogens with one attached hydrogen (secondary N) is 1. The summed E-state index contributed by atoms with van der Waals surface area (Å²) in [5.41, 5.74) is -0.0950. The molecule has 0 aromatic heterocycles. The Balaban J connectivity index is 2.17. The number of benzene rings is 2. The summed E-state index contributed by atoms with van der Waals surface area (Å²) >= 11 is 0. The van der Waals surface area contributed by atoms with Crippen molar-refractivity contribution < 1.29 is 14.3 Å². The standard InChI is InChI=1S/C17H19NO3/c1-17(2,16(20)21-3)18-15(19)11-13-9-6-8-12-7-4-5-10-14(12)13/h4-10H,11H2,1-3H3,(H,18,19). The number of rotatable bonds is 4. The Morgan fingerprint density at radius 3 is 2.48 bits per heavy atom. The lowest BCUT2D eigenvalue weighted by atomic mass is 10.0. The molecule has 0 saturated carbocycles. The number of fused-ring (bicyclic) bond motifs is 1. The van der Waals surface area contributed by atoms with E-state index in [1.54, 1.807) is 13.8 Å². The van der Waals surface area contributed by atoms with Crippen molar-refractivity contribution in [3.63, 3.8) is 0 Å². The van der Waals surface area contributed by atoms with E-state index in [4.69, 9.17) is 0 Å². The lowest BCUT2D eigenvalue weighted by Gasteiger charge is -2.23. The van der Waals surface area contributed by atoms with Gasteiger partial charge in [0.2, 0.25) is 5.91 Å². The number of amides is 1. The van der Waals surface area contributed by atoms with Crippen LogP contribution in [0.3, 0.4) is 0 Å². The molecule has 2 rings (SSSR count). The summed E-state index contributed by atoms with van der Waals surface area (Å²) in [5, 5.41) is 4.85. The Morgan fingerprint density at radius 1 is 1.10 bits per heavy atom. The van der Waals surface area contributed by atoms with Crippen molar-refractivity contribution in [1.29, 1.82) is 0 Å². The zero-order valence-corrected chi connectivity index (χ0v) is 12.5. The lowest BCUT2D eigenvalue weighted by molar-refractivity contribution is -0.149. The second kappa shape index (κ2) is 5.95. The van der Waals surface area contributed by atoms with E-state index in [-0.39, 0.29) is 12.3 Å². The zero-order valence-electron chi connectivity index (χ0n) is 12.5. The van der Waals surface area contributed by atoms with Crippen LogP contribution in [-0.2, 0) is 20.7 Å². The van der Waals surface area contributed by atoms with Gasteiger partial charge in [-0.2, -0.15) is 0 Å². The summed E-state index contributed by atoms with van der Waals surface area (Å²) in [6.07, 6.45) is 0.224. The molecular weight excluding hydrogens is 266 g/mol. The monoisotopic (exact) mass is 285 g/mol. The van der Waals surface area contributed by atoms with Crippen LogP contribution in [0.2, 0.25) is 0 Å². The summed E-state index contributed by atoms with van der Waals surface area (Å²) in [5.74, 6) is -0.671. The summed E-state index contributed by atoms with van der Waals surface area (Å²) in [4.78, 5) is 23.8. The molecular formula is C17H19NO3. The molecule has 0 spiro atoms. The fourth-order valence-electron chi connectivity index (χ4n) is 2.32. The number of carbonyl (C=O) groups excluding carboxylic acids is 2. The van der Waals surface area contributed by atoms with E-state index in [1.165, 1.54) is 7.11 Å². The molecule has 0 unspecified atom stereocenters. The van der Waals surface area contributed by atoms with Crippen molar-refractivity contribution in [3.05, 3.63) is 48.0 Å².